The summed E-state index contributed by atoms with van der Waals surface area (Å²) in [6, 6.07) is 9.31. The number of likely N-dealkylation sites (N-methyl/N-ethyl adjacent to an activating group) is 1. The van der Waals surface area contributed by atoms with Crippen molar-refractivity contribution in [2.24, 2.45) is 0 Å². The third-order valence-corrected chi connectivity index (χ3v) is 6.85. The molecule has 0 saturated heterocycles. The molecule has 6 nitrogen and oxygen atoms in total. The molecule has 148 valence electrons. The summed E-state index contributed by atoms with van der Waals surface area (Å²) >= 11 is 1.65. The van der Waals surface area contributed by atoms with Crippen molar-refractivity contribution in [1.29, 1.82) is 0 Å². The molecule has 1 unspecified atom stereocenters. The lowest BCUT2D eigenvalue weighted by Crippen LogP contribution is -2.36. The number of sulfonamides is 1. The zero-order valence-electron chi connectivity index (χ0n) is 16.2. The Morgan fingerprint density at radius 2 is 1.96 bits per heavy atom. The zero-order chi connectivity index (χ0) is 20.0. The van der Waals surface area contributed by atoms with Gasteiger partial charge in [-0.05, 0) is 51.0 Å². The van der Waals surface area contributed by atoms with Gasteiger partial charge in [0, 0.05) is 24.4 Å². The fraction of sp³-hybridized carbons (Fsp3) is 0.421. The Morgan fingerprint density at radius 3 is 2.56 bits per heavy atom. The van der Waals surface area contributed by atoms with E-state index in [0.717, 1.165) is 5.56 Å². The SMILES string of the molecule is Cc1ccc(S(=O)(=O)NCCC(=O)NCC(c2cccs2)N(C)C)c(C)c1. The van der Waals surface area contributed by atoms with Crippen LogP contribution in [0.15, 0.2) is 40.6 Å². The second-order valence-corrected chi connectivity index (χ2v) is 9.43. The molecule has 0 radical (unpaired) electrons. The molecule has 1 amide bonds. The predicted molar refractivity (Wildman–Crippen MR) is 109 cm³/mol. The van der Waals surface area contributed by atoms with Crippen molar-refractivity contribution in [1.82, 2.24) is 14.9 Å². The summed E-state index contributed by atoms with van der Waals surface area (Å²) in [7, 11) is 0.314. The fourth-order valence-electron chi connectivity index (χ4n) is 2.79. The van der Waals surface area contributed by atoms with Crippen LogP contribution in [0, 0.1) is 13.8 Å². The monoisotopic (exact) mass is 409 g/mol. The lowest BCUT2D eigenvalue weighted by molar-refractivity contribution is -0.121. The number of nitrogens with zero attached hydrogens (tertiary/aromatic N) is 1. The van der Waals surface area contributed by atoms with E-state index >= 15 is 0 Å². The summed E-state index contributed by atoms with van der Waals surface area (Å²) in [5.74, 6) is -0.179. The number of hydrogen-bond donors (Lipinski definition) is 2. The minimum atomic E-state index is -3.62. The van der Waals surface area contributed by atoms with Crippen LogP contribution in [-0.2, 0) is 14.8 Å². The van der Waals surface area contributed by atoms with Crippen molar-refractivity contribution < 1.29 is 13.2 Å². The summed E-state index contributed by atoms with van der Waals surface area (Å²) < 4.78 is 27.3. The number of hydrogen-bond acceptors (Lipinski definition) is 5. The van der Waals surface area contributed by atoms with E-state index in [0.29, 0.717) is 12.1 Å². The average molecular weight is 410 g/mol. The van der Waals surface area contributed by atoms with Gasteiger partial charge >= 0.3 is 0 Å². The van der Waals surface area contributed by atoms with Gasteiger partial charge in [0.25, 0.3) is 0 Å². The first-order chi connectivity index (χ1) is 12.7. The first-order valence-corrected chi connectivity index (χ1v) is 11.1. The van der Waals surface area contributed by atoms with E-state index in [4.69, 9.17) is 0 Å². The Labute approximate surface area is 165 Å². The van der Waals surface area contributed by atoms with Gasteiger partial charge in [-0.1, -0.05) is 23.8 Å². The number of nitrogens with one attached hydrogen (secondary N) is 2. The maximum absolute atomic E-state index is 12.4. The van der Waals surface area contributed by atoms with Crippen LogP contribution in [0.2, 0.25) is 0 Å². The van der Waals surface area contributed by atoms with Crippen molar-refractivity contribution in [2.75, 3.05) is 27.2 Å². The number of carbonyl (C=O) groups excluding carboxylic acids is 1. The van der Waals surface area contributed by atoms with E-state index in [9.17, 15) is 13.2 Å². The molecule has 0 aliphatic heterocycles. The van der Waals surface area contributed by atoms with E-state index in [1.807, 2.05) is 44.6 Å². The second kappa shape index (κ2) is 9.45. The second-order valence-electron chi connectivity index (χ2n) is 6.72. The molecule has 0 saturated carbocycles. The van der Waals surface area contributed by atoms with Crippen molar-refractivity contribution >= 4 is 27.3 Å². The molecule has 0 aliphatic carbocycles. The summed E-state index contributed by atoms with van der Waals surface area (Å²) in [5, 5.41) is 4.90. The number of aryl methyl sites for hydroxylation is 2. The van der Waals surface area contributed by atoms with Crippen LogP contribution in [-0.4, -0.2) is 46.4 Å². The maximum atomic E-state index is 12.4. The third-order valence-electron chi connectivity index (χ3n) is 4.25. The normalized spacial score (nSPS) is 12.9. The van der Waals surface area contributed by atoms with Crippen molar-refractivity contribution in [3.63, 3.8) is 0 Å². The van der Waals surface area contributed by atoms with Gasteiger partial charge < -0.3 is 10.2 Å². The molecule has 1 aromatic carbocycles. The van der Waals surface area contributed by atoms with Gasteiger partial charge in [-0.25, -0.2) is 13.1 Å². The van der Waals surface area contributed by atoms with Gasteiger partial charge in [0.2, 0.25) is 15.9 Å². The Balaban J connectivity index is 1.85. The van der Waals surface area contributed by atoms with Crippen molar-refractivity contribution in [3.05, 3.63) is 51.7 Å². The van der Waals surface area contributed by atoms with Gasteiger partial charge in [-0.15, -0.1) is 11.3 Å². The van der Waals surface area contributed by atoms with Gasteiger partial charge in [0.15, 0.2) is 0 Å². The largest absolute Gasteiger partial charge is 0.354 e. The summed E-state index contributed by atoms with van der Waals surface area (Å²) in [6.07, 6.45) is 0.0920. The van der Waals surface area contributed by atoms with E-state index in [1.54, 1.807) is 30.4 Å². The first-order valence-electron chi connectivity index (χ1n) is 8.74. The smallest absolute Gasteiger partial charge is 0.240 e. The highest BCUT2D eigenvalue weighted by molar-refractivity contribution is 7.89. The molecule has 0 aliphatic rings. The Bertz CT molecular complexity index is 862. The van der Waals surface area contributed by atoms with Gasteiger partial charge in [0.05, 0.1) is 10.9 Å². The highest BCUT2D eigenvalue weighted by Gasteiger charge is 2.18. The molecule has 2 rings (SSSR count). The summed E-state index contributed by atoms with van der Waals surface area (Å²) in [6.45, 7) is 4.22. The van der Waals surface area contributed by atoms with Crippen molar-refractivity contribution in [3.8, 4) is 0 Å². The first kappa shape index (κ1) is 21.6. The molecule has 8 heteroatoms. The van der Waals surface area contributed by atoms with E-state index < -0.39 is 10.0 Å². The number of benzene rings is 1. The zero-order valence-corrected chi connectivity index (χ0v) is 17.8. The van der Waals surface area contributed by atoms with Crippen molar-refractivity contribution in [2.45, 2.75) is 31.2 Å². The molecule has 2 N–H and O–H groups in total. The molecule has 1 heterocycles. The maximum Gasteiger partial charge on any atom is 0.240 e. The number of thiophene rings is 1. The van der Waals surface area contributed by atoms with Crippen LogP contribution < -0.4 is 10.0 Å². The molecule has 0 bridgehead atoms. The van der Waals surface area contributed by atoms with E-state index in [-0.39, 0.29) is 29.8 Å². The lowest BCUT2D eigenvalue weighted by Gasteiger charge is -2.23. The Morgan fingerprint density at radius 1 is 1.22 bits per heavy atom. The van der Waals surface area contributed by atoms with E-state index in [1.165, 1.54) is 4.88 Å². The molecule has 0 fully saturated rings. The molecule has 1 aromatic heterocycles. The highest BCUT2D eigenvalue weighted by atomic mass is 32.2. The summed E-state index contributed by atoms with van der Waals surface area (Å²) in [5.41, 5.74) is 1.70. The van der Waals surface area contributed by atoms with Crippen LogP contribution in [0.3, 0.4) is 0 Å². The fourth-order valence-corrected chi connectivity index (χ4v) is 4.97. The van der Waals surface area contributed by atoms with Crippen LogP contribution >= 0.6 is 11.3 Å². The van der Waals surface area contributed by atoms with Crippen LogP contribution in [0.25, 0.3) is 0 Å². The topological polar surface area (TPSA) is 78.5 Å². The van der Waals surface area contributed by atoms with Crippen LogP contribution in [0.1, 0.15) is 28.5 Å². The number of amides is 1. The average Bonchev–Trinajstić information content (AvgIpc) is 3.08. The Kier molecular flexibility index (Phi) is 7.55. The predicted octanol–water partition coefficient (Wildman–Crippen LogP) is 2.45. The van der Waals surface area contributed by atoms with Gasteiger partial charge in [0.1, 0.15) is 0 Å². The van der Waals surface area contributed by atoms with Gasteiger partial charge in [-0.3, -0.25) is 4.79 Å². The molecular weight excluding hydrogens is 382 g/mol. The number of carbonyl (C=O) groups is 1. The number of rotatable bonds is 9. The third kappa shape index (κ3) is 6.14. The Hall–Kier alpha value is -1.74. The minimum Gasteiger partial charge on any atom is -0.354 e. The molecular formula is C19H27N3O3S2. The quantitative estimate of drug-likeness (QED) is 0.667. The molecule has 1 atom stereocenters. The highest BCUT2D eigenvalue weighted by Crippen LogP contribution is 2.22. The molecule has 2 aromatic rings. The lowest BCUT2D eigenvalue weighted by atomic mass is 10.2. The minimum absolute atomic E-state index is 0.0626. The van der Waals surface area contributed by atoms with Crippen LogP contribution in [0.4, 0.5) is 0 Å². The van der Waals surface area contributed by atoms with Crippen LogP contribution in [0.5, 0.6) is 0 Å². The molecule has 0 spiro atoms. The van der Waals surface area contributed by atoms with Gasteiger partial charge in [-0.2, -0.15) is 0 Å². The summed E-state index contributed by atoms with van der Waals surface area (Å²) in [4.78, 5) is 15.6. The molecule has 27 heavy (non-hydrogen) atoms. The standard InChI is InChI=1S/C19H27N3O3S2/c1-14-7-8-18(15(2)12-14)27(24,25)21-10-9-19(23)20-13-16(22(3)4)17-6-5-11-26-17/h5-8,11-12,16,21H,9-10,13H2,1-4H3,(H,20,23). The van der Waals surface area contributed by atoms with E-state index in [2.05, 4.69) is 14.9 Å².